The highest BCUT2D eigenvalue weighted by molar-refractivity contribution is 7.86. The molecule has 6 nitrogen and oxygen atoms in total. The van der Waals surface area contributed by atoms with E-state index >= 15 is 0 Å². The van der Waals surface area contributed by atoms with E-state index in [1.165, 1.54) is 4.31 Å². The van der Waals surface area contributed by atoms with Crippen LogP contribution in [0.15, 0.2) is 0 Å². The molecule has 0 saturated heterocycles. The van der Waals surface area contributed by atoms with Crippen molar-refractivity contribution in [2.75, 3.05) is 47.4 Å². The number of ether oxygens (including phenoxy) is 1. The first-order chi connectivity index (χ1) is 8.54. The van der Waals surface area contributed by atoms with Gasteiger partial charge in [-0.05, 0) is 32.9 Å². The van der Waals surface area contributed by atoms with Crippen LogP contribution in [0.25, 0.3) is 0 Å². The molecule has 0 aromatic rings. The van der Waals surface area contributed by atoms with E-state index in [1.54, 1.807) is 18.5 Å². The van der Waals surface area contributed by atoms with Crippen molar-refractivity contribution in [1.29, 1.82) is 0 Å². The summed E-state index contributed by atoms with van der Waals surface area (Å²) in [5.41, 5.74) is 0. The number of nitrogens with zero attached hydrogens (tertiary/aromatic N) is 2. The molecule has 1 saturated carbocycles. The van der Waals surface area contributed by atoms with Gasteiger partial charge in [-0.15, -0.1) is 0 Å². The van der Waals surface area contributed by atoms with E-state index in [1.807, 2.05) is 7.05 Å². The smallest absolute Gasteiger partial charge is 0.282 e. The molecule has 1 N–H and O–H groups in total. The largest absolute Gasteiger partial charge is 0.383 e. The average Bonchev–Trinajstić information content (AvgIpc) is 3.14. The van der Waals surface area contributed by atoms with Crippen LogP contribution in [-0.2, 0) is 14.9 Å². The molecular formula is C11H25N3O3S. The fraction of sp³-hybridized carbons (Fsp3) is 1.00. The van der Waals surface area contributed by atoms with E-state index in [0.717, 1.165) is 25.8 Å². The van der Waals surface area contributed by atoms with Gasteiger partial charge in [0.1, 0.15) is 0 Å². The standard InChI is InChI=1S/C11H25N3O3S/c1-12-7-4-8-13(2)18(15,16)14(9-10-17-3)11-5-6-11/h11-12H,4-10H2,1-3H3. The lowest BCUT2D eigenvalue weighted by Crippen LogP contribution is -2.45. The van der Waals surface area contributed by atoms with E-state index in [2.05, 4.69) is 5.32 Å². The Morgan fingerprint density at radius 1 is 1.33 bits per heavy atom. The molecule has 0 atom stereocenters. The molecule has 0 amide bonds. The highest BCUT2D eigenvalue weighted by Gasteiger charge is 2.38. The first-order valence-electron chi connectivity index (χ1n) is 6.40. The van der Waals surface area contributed by atoms with Crippen molar-refractivity contribution in [3.63, 3.8) is 0 Å². The van der Waals surface area contributed by atoms with Crippen molar-refractivity contribution in [1.82, 2.24) is 13.9 Å². The molecule has 0 spiro atoms. The van der Waals surface area contributed by atoms with E-state index < -0.39 is 10.2 Å². The molecule has 0 aromatic heterocycles. The van der Waals surface area contributed by atoms with Gasteiger partial charge in [0, 0.05) is 33.3 Å². The van der Waals surface area contributed by atoms with Gasteiger partial charge < -0.3 is 10.1 Å². The predicted molar refractivity (Wildman–Crippen MR) is 71.7 cm³/mol. The minimum atomic E-state index is -3.33. The van der Waals surface area contributed by atoms with E-state index in [4.69, 9.17) is 4.74 Å². The zero-order valence-corrected chi connectivity index (χ0v) is 12.4. The molecule has 0 unspecified atom stereocenters. The summed E-state index contributed by atoms with van der Waals surface area (Å²) in [6, 6.07) is 0.178. The summed E-state index contributed by atoms with van der Waals surface area (Å²) in [6.07, 6.45) is 2.75. The van der Waals surface area contributed by atoms with Gasteiger partial charge in [0.2, 0.25) is 0 Å². The van der Waals surface area contributed by atoms with Crippen molar-refractivity contribution in [3.8, 4) is 0 Å². The lowest BCUT2D eigenvalue weighted by Gasteiger charge is -2.27. The fourth-order valence-electron chi connectivity index (χ4n) is 1.80. The molecule has 1 fully saturated rings. The van der Waals surface area contributed by atoms with Crippen LogP contribution < -0.4 is 5.32 Å². The maximum absolute atomic E-state index is 12.4. The molecule has 0 radical (unpaired) electrons. The molecule has 0 aromatic carbocycles. The van der Waals surface area contributed by atoms with Crippen LogP contribution in [0.5, 0.6) is 0 Å². The minimum Gasteiger partial charge on any atom is -0.383 e. The van der Waals surface area contributed by atoms with Crippen LogP contribution in [0.1, 0.15) is 19.3 Å². The molecule has 1 rings (SSSR count). The summed E-state index contributed by atoms with van der Waals surface area (Å²) in [5.74, 6) is 0. The Labute approximate surface area is 110 Å². The Morgan fingerprint density at radius 3 is 2.50 bits per heavy atom. The molecule has 18 heavy (non-hydrogen) atoms. The van der Waals surface area contributed by atoms with Crippen LogP contribution in [0, 0.1) is 0 Å². The Kier molecular flexibility index (Phi) is 6.51. The maximum atomic E-state index is 12.4. The maximum Gasteiger partial charge on any atom is 0.282 e. The Bertz CT molecular complexity index is 330. The first kappa shape index (κ1) is 15.8. The van der Waals surface area contributed by atoms with Gasteiger partial charge in [-0.2, -0.15) is 17.0 Å². The number of hydrogen-bond acceptors (Lipinski definition) is 4. The molecular weight excluding hydrogens is 254 g/mol. The molecule has 0 bridgehead atoms. The zero-order chi connectivity index (χ0) is 13.6. The summed E-state index contributed by atoms with van der Waals surface area (Å²) in [5, 5.41) is 3.02. The van der Waals surface area contributed by atoms with Gasteiger partial charge in [-0.3, -0.25) is 0 Å². The van der Waals surface area contributed by atoms with Gasteiger partial charge in [0.25, 0.3) is 10.2 Å². The third-order valence-corrected chi connectivity index (χ3v) is 5.10. The minimum absolute atomic E-state index is 0.178. The van der Waals surface area contributed by atoms with Gasteiger partial charge in [0.05, 0.1) is 6.61 Å². The van der Waals surface area contributed by atoms with E-state index in [-0.39, 0.29) is 6.04 Å². The quantitative estimate of drug-likeness (QED) is 0.567. The SMILES string of the molecule is CNCCCN(C)S(=O)(=O)N(CCOC)C1CC1. The lowest BCUT2D eigenvalue weighted by atomic mass is 10.4. The summed E-state index contributed by atoms with van der Waals surface area (Å²) in [6.45, 7) is 2.25. The average molecular weight is 279 g/mol. The predicted octanol–water partition coefficient (Wildman–Crippen LogP) is -0.117. The number of hydrogen-bond donors (Lipinski definition) is 1. The van der Waals surface area contributed by atoms with Crippen molar-refractivity contribution >= 4 is 10.2 Å². The topological polar surface area (TPSA) is 61.9 Å². The Hall–Kier alpha value is -0.210. The van der Waals surface area contributed by atoms with Crippen LogP contribution in [-0.4, -0.2) is 70.5 Å². The first-order valence-corrected chi connectivity index (χ1v) is 7.80. The van der Waals surface area contributed by atoms with Crippen LogP contribution in [0.4, 0.5) is 0 Å². The summed E-state index contributed by atoms with van der Waals surface area (Å²) in [7, 11) is 1.77. The third-order valence-electron chi connectivity index (χ3n) is 3.06. The van der Waals surface area contributed by atoms with Crippen molar-refractivity contribution < 1.29 is 13.2 Å². The van der Waals surface area contributed by atoms with Crippen molar-refractivity contribution in [3.05, 3.63) is 0 Å². The van der Waals surface area contributed by atoms with Crippen LogP contribution in [0.3, 0.4) is 0 Å². The van der Waals surface area contributed by atoms with Crippen molar-refractivity contribution in [2.24, 2.45) is 0 Å². The molecule has 7 heteroatoms. The zero-order valence-electron chi connectivity index (χ0n) is 11.6. The van der Waals surface area contributed by atoms with Crippen LogP contribution in [0.2, 0.25) is 0 Å². The molecule has 108 valence electrons. The second kappa shape index (κ2) is 7.40. The van der Waals surface area contributed by atoms with Gasteiger partial charge in [-0.1, -0.05) is 0 Å². The summed E-state index contributed by atoms with van der Waals surface area (Å²) < 4.78 is 32.8. The highest BCUT2D eigenvalue weighted by atomic mass is 32.2. The van der Waals surface area contributed by atoms with Crippen LogP contribution >= 0.6 is 0 Å². The van der Waals surface area contributed by atoms with E-state index in [0.29, 0.717) is 19.7 Å². The third kappa shape index (κ3) is 4.47. The molecule has 1 aliphatic carbocycles. The Morgan fingerprint density at radius 2 is 2.00 bits per heavy atom. The van der Waals surface area contributed by atoms with Gasteiger partial charge in [0.15, 0.2) is 0 Å². The second-order valence-electron chi connectivity index (χ2n) is 4.62. The fourth-order valence-corrected chi connectivity index (χ4v) is 3.41. The Balaban J connectivity index is 2.56. The number of methoxy groups -OCH3 is 1. The lowest BCUT2D eigenvalue weighted by molar-refractivity contribution is 0.174. The molecule has 0 aliphatic heterocycles. The highest BCUT2D eigenvalue weighted by Crippen LogP contribution is 2.29. The van der Waals surface area contributed by atoms with Gasteiger partial charge in [-0.25, -0.2) is 0 Å². The normalized spacial score (nSPS) is 16.7. The summed E-state index contributed by atoms with van der Waals surface area (Å²) >= 11 is 0. The number of nitrogens with one attached hydrogen (secondary N) is 1. The molecule has 0 heterocycles. The second-order valence-corrected chi connectivity index (χ2v) is 6.61. The van der Waals surface area contributed by atoms with Crippen molar-refractivity contribution in [2.45, 2.75) is 25.3 Å². The van der Waals surface area contributed by atoms with Gasteiger partial charge >= 0.3 is 0 Å². The van der Waals surface area contributed by atoms with E-state index in [9.17, 15) is 8.42 Å². The number of rotatable bonds is 10. The molecule has 1 aliphatic rings. The summed E-state index contributed by atoms with van der Waals surface area (Å²) in [4.78, 5) is 0. The monoisotopic (exact) mass is 279 g/mol.